The number of benzene rings is 3. The van der Waals surface area contributed by atoms with E-state index in [1.807, 2.05) is 0 Å². The normalized spacial score (nSPS) is 10.6. The third-order valence-electron chi connectivity index (χ3n) is 5.16. The van der Waals surface area contributed by atoms with E-state index in [-0.39, 0.29) is 23.5 Å². The standard InChI is InChI=1S/C26H23FN6O3S/c1-16(34)28-20-11-13-21(14-12-20)29-23(35)15-37-26-32-31-24(33(26)2)17-5-9-22(10-6-17)30-25(36)18-3-7-19(27)8-4-18/h3-14H,15H2,1-2H3,(H,28,34)(H,29,35)(H,30,36). The van der Waals surface area contributed by atoms with Gasteiger partial charge in [-0.25, -0.2) is 4.39 Å². The lowest BCUT2D eigenvalue weighted by molar-refractivity contribution is -0.114. The Hall–Kier alpha value is -4.51. The summed E-state index contributed by atoms with van der Waals surface area (Å²) >= 11 is 1.25. The van der Waals surface area contributed by atoms with Crippen LogP contribution < -0.4 is 16.0 Å². The molecule has 0 radical (unpaired) electrons. The van der Waals surface area contributed by atoms with Crippen LogP contribution in [-0.2, 0) is 16.6 Å². The first-order valence-corrected chi connectivity index (χ1v) is 12.1. The molecule has 1 aromatic heterocycles. The van der Waals surface area contributed by atoms with Crippen molar-refractivity contribution in [3.8, 4) is 11.4 Å². The lowest BCUT2D eigenvalue weighted by Gasteiger charge is -2.08. The first-order chi connectivity index (χ1) is 17.8. The predicted octanol–water partition coefficient (Wildman–Crippen LogP) is 4.56. The van der Waals surface area contributed by atoms with E-state index < -0.39 is 5.82 Å². The number of amides is 3. The van der Waals surface area contributed by atoms with Crippen molar-refractivity contribution < 1.29 is 18.8 Å². The largest absolute Gasteiger partial charge is 0.326 e. The van der Waals surface area contributed by atoms with E-state index in [1.54, 1.807) is 60.1 Å². The number of nitrogens with one attached hydrogen (secondary N) is 3. The number of thioether (sulfide) groups is 1. The Morgan fingerprint density at radius 2 is 1.38 bits per heavy atom. The van der Waals surface area contributed by atoms with Crippen LogP contribution >= 0.6 is 11.8 Å². The molecule has 0 saturated carbocycles. The Balaban J connectivity index is 1.32. The van der Waals surface area contributed by atoms with Crippen LogP contribution in [0.4, 0.5) is 21.5 Å². The molecule has 0 saturated heterocycles. The number of anilines is 3. The monoisotopic (exact) mass is 518 g/mol. The van der Waals surface area contributed by atoms with Crippen molar-refractivity contribution in [2.24, 2.45) is 7.05 Å². The average molecular weight is 519 g/mol. The molecular formula is C26H23FN6O3S. The Kier molecular flexibility index (Phi) is 7.94. The summed E-state index contributed by atoms with van der Waals surface area (Å²) in [5, 5.41) is 17.2. The second-order valence-electron chi connectivity index (χ2n) is 8.00. The van der Waals surface area contributed by atoms with Gasteiger partial charge in [0.15, 0.2) is 11.0 Å². The van der Waals surface area contributed by atoms with Gasteiger partial charge in [-0.2, -0.15) is 0 Å². The van der Waals surface area contributed by atoms with Crippen LogP contribution in [-0.4, -0.2) is 38.2 Å². The van der Waals surface area contributed by atoms with E-state index in [4.69, 9.17) is 0 Å². The van der Waals surface area contributed by atoms with E-state index in [0.29, 0.717) is 33.6 Å². The van der Waals surface area contributed by atoms with E-state index in [9.17, 15) is 18.8 Å². The van der Waals surface area contributed by atoms with Gasteiger partial charge in [0.1, 0.15) is 5.82 Å². The SMILES string of the molecule is CC(=O)Nc1ccc(NC(=O)CSc2nnc(-c3ccc(NC(=O)c4ccc(F)cc4)cc3)n2C)cc1. The summed E-state index contributed by atoms with van der Waals surface area (Å²) < 4.78 is 14.8. The molecule has 1 heterocycles. The summed E-state index contributed by atoms with van der Waals surface area (Å²) in [5.74, 6) is -0.380. The summed E-state index contributed by atoms with van der Waals surface area (Å²) in [4.78, 5) is 35.8. The smallest absolute Gasteiger partial charge is 0.255 e. The van der Waals surface area contributed by atoms with Crippen LogP contribution in [0.5, 0.6) is 0 Å². The molecule has 0 bridgehead atoms. The average Bonchev–Trinajstić information content (AvgIpc) is 3.24. The maximum atomic E-state index is 13.1. The third-order valence-corrected chi connectivity index (χ3v) is 6.18. The minimum Gasteiger partial charge on any atom is -0.326 e. The predicted molar refractivity (Wildman–Crippen MR) is 141 cm³/mol. The van der Waals surface area contributed by atoms with Crippen molar-refractivity contribution in [3.05, 3.63) is 84.2 Å². The van der Waals surface area contributed by atoms with Crippen LogP contribution in [0.2, 0.25) is 0 Å². The van der Waals surface area contributed by atoms with E-state index in [1.165, 1.54) is 43.0 Å². The second kappa shape index (κ2) is 11.5. The summed E-state index contributed by atoms with van der Waals surface area (Å²) in [6.45, 7) is 1.43. The molecule has 188 valence electrons. The van der Waals surface area contributed by atoms with Gasteiger partial charge < -0.3 is 20.5 Å². The first kappa shape index (κ1) is 25.6. The molecule has 11 heteroatoms. The minimum atomic E-state index is -0.405. The molecule has 0 aliphatic rings. The molecule has 0 unspecified atom stereocenters. The van der Waals surface area contributed by atoms with Gasteiger partial charge in [-0.05, 0) is 72.8 Å². The van der Waals surface area contributed by atoms with Gasteiger partial charge in [0.25, 0.3) is 5.91 Å². The molecule has 4 aromatic rings. The van der Waals surface area contributed by atoms with Crippen molar-refractivity contribution in [3.63, 3.8) is 0 Å². The van der Waals surface area contributed by atoms with Crippen LogP contribution in [0.3, 0.4) is 0 Å². The number of halogens is 1. The van der Waals surface area contributed by atoms with Crippen LogP contribution in [0.1, 0.15) is 17.3 Å². The van der Waals surface area contributed by atoms with Crippen molar-refractivity contribution in [1.29, 1.82) is 0 Å². The number of carbonyl (C=O) groups is 3. The quantitative estimate of drug-likeness (QED) is 0.294. The first-order valence-electron chi connectivity index (χ1n) is 11.2. The minimum absolute atomic E-state index is 0.133. The van der Waals surface area contributed by atoms with Crippen LogP contribution in [0, 0.1) is 5.82 Å². The molecule has 37 heavy (non-hydrogen) atoms. The summed E-state index contributed by atoms with van der Waals surface area (Å²) in [6.07, 6.45) is 0. The number of hydrogen-bond acceptors (Lipinski definition) is 6. The van der Waals surface area contributed by atoms with Gasteiger partial charge in [0.05, 0.1) is 5.75 Å². The van der Waals surface area contributed by atoms with Crippen molar-refractivity contribution >= 4 is 46.5 Å². The van der Waals surface area contributed by atoms with Gasteiger partial charge in [-0.3, -0.25) is 14.4 Å². The number of aromatic nitrogens is 3. The Labute approximate surface area is 216 Å². The lowest BCUT2D eigenvalue weighted by Crippen LogP contribution is -2.14. The van der Waals surface area contributed by atoms with Gasteiger partial charge in [0.2, 0.25) is 11.8 Å². The topological polar surface area (TPSA) is 118 Å². The van der Waals surface area contributed by atoms with Crippen molar-refractivity contribution in [2.75, 3.05) is 21.7 Å². The van der Waals surface area contributed by atoms with E-state index in [0.717, 1.165) is 5.56 Å². The van der Waals surface area contributed by atoms with E-state index in [2.05, 4.69) is 26.1 Å². The molecule has 3 N–H and O–H groups in total. The third kappa shape index (κ3) is 6.79. The molecule has 0 atom stereocenters. The molecule has 0 spiro atoms. The molecule has 9 nitrogen and oxygen atoms in total. The highest BCUT2D eigenvalue weighted by Gasteiger charge is 2.14. The zero-order valence-electron chi connectivity index (χ0n) is 20.0. The fourth-order valence-corrected chi connectivity index (χ4v) is 4.08. The van der Waals surface area contributed by atoms with Gasteiger partial charge in [0, 0.05) is 42.2 Å². The van der Waals surface area contributed by atoms with Gasteiger partial charge >= 0.3 is 0 Å². The fourth-order valence-electron chi connectivity index (χ4n) is 3.37. The molecule has 3 aromatic carbocycles. The molecule has 0 fully saturated rings. The van der Waals surface area contributed by atoms with Crippen LogP contribution in [0.25, 0.3) is 11.4 Å². The summed E-state index contributed by atoms with van der Waals surface area (Å²) in [5.41, 5.74) is 2.98. The van der Waals surface area contributed by atoms with Crippen molar-refractivity contribution in [1.82, 2.24) is 14.8 Å². The summed E-state index contributed by atoms with van der Waals surface area (Å²) in [7, 11) is 1.81. The Bertz CT molecular complexity index is 1420. The van der Waals surface area contributed by atoms with Crippen LogP contribution in [0.15, 0.2) is 78.0 Å². The molecule has 3 amide bonds. The molecular weight excluding hydrogens is 495 g/mol. The molecule has 0 aliphatic heterocycles. The summed E-state index contributed by atoms with van der Waals surface area (Å²) in [6, 6.07) is 19.2. The Morgan fingerprint density at radius 3 is 2.00 bits per heavy atom. The number of carbonyl (C=O) groups excluding carboxylic acids is 3. The molecule has 0 aliphatic carbocycles. The van der Waals surface area contributed by atoms with Gasteiger partial charge in [-0.15, -0.1) is 10.2 Å². The zero-order chi connectivity index (χ0) is 26.4. The number of hydrogen-bond donors (Lipinski definition) is 3. The number of rotatable bonds is 8. The maximum absolute atomic E-state index is 13.1. The van der Waals surface area contributed by atoms with Gasteiger partial charge in [-0.1, -0.05) is 11.8 Å². The maximum Gasteiger partial charge on any atom is 0.255 e. The number of nitrogens with zero attached hydrogens (tertiary/aromatic N) is 3. The highest BCUT2D eigenvalue weighted by atomic mass is 32.2. The second-order valence-corrected chi connectivity index (χ2v) is 8.94. The highest BCUT2D eigenvalue weighted by Crippen LogP contribution is 2.24. The van der Waals surface area contributed by atoms with E-state index >= 15 is 0 Å². The highest BCUT2D eigenvalue weighted by molar-refractivity contribution is 7.99. The molecule has 4 rings (SSSR count). The Morgan fingerprint density at radius 1 is 0.811 bits per heavy atom. The zero-order valence-corrected chi connectivity index (χ0v) is 20.8. The lowest BCUT2D eigenvalue weighted by atomic mass is 10.1. The van der Waals surface area contributed by atoms with Crippen molar-refractivity contribution in [2.45, 2.75) is 12.1 Å². The fraction of sp³-hybridized carbons (Fsp3) is 0.115.